The monoisotopic (exact) mass is 370 g/mol. The molecule has 0 aliphatic rings. The molecule has 0 saturated carbocycles. The highest BCUT2D eigenvalue weighted by Crippen LogP contribution is 1.89. The Morgan fingerprint density at radius 3 is 1.04 bits per heavy atom. The minimum Gasteiger partial charge on any atom is -0.388 e. The fraction of sp³-hybridized carbons (Fsp3) is 1.00. The van der Waals surface area contributed by atoms with Crippen molar-refractivity contribution in [1.29, 1.82) is 0 Å². The molecule has 0 spiro atoms. The Bertz CT molecular complexity index is 232. The molecule has 0 heterocycles. The second kappa shape index (κ2) is 20.0. The Hall–Kier alpha value is -0.360. The number of aliphatic hydroxyl groups is 2. The minimum absolute atomic E-state index is 0.236. The van der Waals surface area contributed by atoms with Crippen LogP contribution in [-0.2, 0) is 33.2 Å². The van der Waals surface area contributed by atoms with Crippen LogP contribution in [0.4, 0.5) is 0 Å². The molecule has 2 atom stereocenters. The van der Waals surface area contributed by atoms with Gasteiger partial charge in [0, 0.05) is 14.2 Å². The van der Waals surface area contributed by atoms with Gasteiger partial charge < -0.3 is 43.4 Å². The van der Waals surface area contributed by atoms with Gasteiger partial charge in [-0.05, 0) is 0 Å². The molecule has 9 nitrogen and oxygen atoms in total. The van der Waals surface area contributed by atoms with Gasteiger partial charge in [-0.25, -0.2) is 0 Å². The number of rotatable bonds is 20. The van der Waals surface area contributed by atoms with Gasteiger partial charge in [0.05, 0.1) is 79.3 Å². The highest BCUT2D eigenvalue weighted by Gasteiger charge is 2.03. The number of aliphatic hydroxyl groups excluding tert-OH is 2. The van der Waals surface area contributed by atoms with Crippen LogP contribution in [-0.4, -0.2) is 116 Å². The minimum atomic E-state index is -0.603. The lowest BCUT2D eigenvalue weighted by atomic mass is 10.4. The molecule has 0 aliphatic heterocycles. The summed E-state index contributed by atoms with van der Waals surface area (Å²) >= 11 is 0. The van der Waals surface area contributed by atoms with E-state index in [1.807, 2.05) is 0 Å². The van der Waals surface area contributed by atoms with E-state index >= 15 is 0 Å². The van der Waals surface area contributed by atoms with Gasteiger partial charge in [-0.15, -0.1) is 0 Å². The third-order valence-electron chi connectivity index (χ3n) is 2.83. The summed E-state index contributed by atoms with van der Waals surface area (Å²) < 4.78 is 36.0. The van der Waals surface area contributed by atoms with Gasteiger partial charge >= 0.3 is 0 Å². The molecule has 9 heteroatoms. The second-order valence-electron chi connectivity index (χ2n) is 5.21. The summed E-state index contributed by atoms with van der Waals surface area (Å²) in [6.07, 6.45) is -1.21. The van der Waals surface area contributed by atoms with Crippen molar-refractivity contribution >= 4 is 0 Å². The summed E-state index contributed by atoms with van der Waals surface area (Å²) in [7, 11) is 3.06. The molecular formula is C16H34O9. The van der Waals surface area contributed by atoms with Gasteiger partial charge in [-0.2, -0.15) is 0 Å². The molecular weight excluding hydrogens is 336 g/mol. The van der Waals surface area contributed by atoms with E-state index < -0.39 is 12.2 Å². The fourth-order valence-electron chi connectivity index (χ4n) is 1.70. The molecule has 0 amide bonds. The first-order chi connectivity index (χ1) is 12.2. The molecule has 25 heavy (non-hydrogen) atoms. The average Bonchev–Trinajstić information content (AvgIpc) is 2.58. The summed E-state index contributed by atoms with van der Waals surface area (Å²) in [4.78, 5) is 0. The van der Waals surface area contributed by atoms with Crippen molar-refractivity contribution in [2.45, 2.75) is 12.2 Å². The largest absolute Gasteiger partial charge is 0.388 e. The molecule has 152 valence electrons. The van der Waals surface area contributed by atoms with E-state index in [1.165, 1.54) is 14.2 Å². The van der Waals surface area contributed by atoms with E-state index in [4.69, 9.17) is 33.2 Å². The average molecular weight is 370 g/mol. The molecule has 0 aromatic carbocycles. The zero-order valence-corrected chi connectivity index (χ0v) is 15.4. The molecule has 0 rings (SSSR count). The summed E-state index contributed by atoms with van der Waals surface area (Å²) in [5, 5.41) is 18.7. The molecule has 2 unspecified atom stereocenters. The van der Waals surface area contributed by atoms with Crippen molar-refractivity contribution in [1.82, 2.24) is 0 Å². The first-order valence-electron chi connectivity index (χ1n) is 8.43. The lowest BCUT2D eigenvalue weighted by Crippen LogP contribution is -2.22. The van der Waals surface area contributed by atoms with E-state index in [2.05, 4.69) is 0 Å². The lowest BCUT2D eigenvalue weighted by molar-refractivity contribution is -0.0387. The first-order valence-corrected chi connectivity index (χ1v) is 8.43. The highest BCUT2D eigenvalue weighted by molar-refractivity contribution is 4.50. The zero-order chi connectivity index (χ0) is 18.6. The van der Waals surface area contributed by atoms with Crippen molar-refractivity contribution in [3.8, 4) is 0 Å². The lowest BCUT2D eigenvalue weighted by Gasteiger charge is -2.11. The standard InChI is InChI=1S/C16H34O9/c1-19-11-15(17)13-24-9-7-22-5-3-21-4-6-23-8-10-25-14-16(18)12-20-2/h15-18H,3-14H2,1-2H3. The second-order valence-corrected chi connectivity index (χ2v) is 5.21. The molecule has 2 N–H and O–H groups in total. The van der Waals surface area contributed by atoms with Crippen LogP contribution in [0.3, 0.4) is 0 Å². The van der Waals surface area contributed by atoms with Gasteiger partial charge in [0.2, 0.25) is 0 Å². The topological polar surface area (TPSA) is 105 Å². The maximum Gasteiger partial charge on any atom is 0.101 e. The summed E-state index contributed by atoms with van der Waals surface area (Å²) in [6.45, 7) is 4.65. The van der Waals surface area contributed by atoms with Gasteiger partial charge in [0.1, 0.15) is 12.2 Å². The fourth-order valence-corrected chi connectivity index (χ4v) is 1.70. The Labute approximate surface area is 150 Å². The third-order valence-corrected chi connectivity index (χ3v) is 2.83. The van der Waals surface area contributed by atoms with Crippen molar-refractivity contribution in [2.24, 2.45) is 0 Å². The van der Waals surface area contributed by atoms with Crippen LogP contribution in [0, 0.1) is 0 Å². The number of hydrogen-bond acceptors (Lipinski definition) is 9. The Morgan fingerprint density at radius 2 is 0.760 bits per heavy atom. The van der Waals surface area contributed by atoms with Crippen LogP contribution in [0.15, 0.2) is 0 Å². The molecule has 0 bridgehead atoms. The maximum absolute atomic E-state index is 9.34. The van der Waals surface area contributed by atoms with E-state index in [0.717, 1.165) is 0 Å². The number of hydrogen-bond donors (Lipinski definition) is 2. The molecule has 0 radical (unpaired) electrons. The van der Waals surface area contributed by atoms with Gasteiger partial charge in [0.15, 0.2) is 0 Å². The third kappa shape index (κ3) is 19.8. The van der Waals surface area contributed by atoms with E-state index in [0.29, 0.717) is 52.9 Å². The van der Waals surface area contributed by atoms with Crippen molar-refractivity contribution in [3.05, 3.63) is 0 Å². The van der Waals surface area contributed by atoms with Crippen LogP contribution in [0.1, 0.15) is 0 Å². The molecule has 0 aromatic rings. The predicted octanol–water partition coefficient (Wildman–Crippen LogP) is -0.916. The molecule has 0 aliphatic carbocycles. The molecule has 0 saturated heterocycles. The highest BCUT2D eigenvalue weighted by atomic mass is 16.6. The quantitative estimate of drug-likeness (QED) is 0.263. The van der Waals surface area contributed by atoms with Crippen molar-refractivity contribution < 1.29 is 43.4 Å². The number of methoxy groups -OCH3 is 2. The Balaban J connectivity index is 3.07. The maximum atomic E-state index is 9.34. The normalized spacial score (nSPS) is 13.9. The van der Waals surface area contributed by atoms with E-state index in [9.17, 15) is 10.2 Å². The van der Waals surface area contributed by atoms with Crippen LogP contribution < -0.4 is 0 Å². The van der Waals surface area contributed by atoms with E-state index in [1.54, 1.807) is 0 Å². The zero-order valence-electron chi connectivity index (χ0n) is 15.4. The first kappa shape index (κ1) is 24.6. The van der Waals surface area contributed by atoms with Crippen LogP contribution in [0.5, 0.6) is 0 Å². The van der Waals surface area contributed by atoms with Gasteiger partial charge in [0.25, 0.3) is 0 Å². The van der Waals surface area contributed by atoms with Crippen molar-refractivity contribution in [3.63, 3.8) is 0 Å². The summed E-state index contributed by atoms with van der Waals surface area (Å²) in [5.41, 5.74) is 0. The van der Waals surface area contributed by atoms with Crippen LogP contribution in [0.2, 0.25) is 0 Å². The number of ether oxygens (including phenoxy) is 7. The summed E-state index contributed by atoms with van der Waals surface area (Å²) in [6, 6.07) is 0. The van der Waals surface area contributed by atoms with Gasteiger partial charge in [-0.1, -0.05) is 0 Å². The Kier molecular flexibility index (Phi) is 19.7. The van der Waals surface area contributed by atoms with Crippen LogP contribution in [0.25, 0.3) is 0 Å². The van der Waals surface area contributed by atoms with Crippen LogP contribution >= 0.6 is 0 Å². The molecule has 0 aromatic heterocycles. The Morgan fingerprint density at radius 1 is 0.480 bits per heavy atom. The summed E-state index contributed by atoms with van der Waals surface area (Å²) in [5.74, 6) is 0. The van der Waals surface area contributed by atoms with E-state index in [-0.39, 0.29) is 26.4 Å². The van der Waals surface area contributed by atoms with Gasteiger partial charge in [-0.3, -0.25) is 0 Å². The van der Waals surface area contributed by atoms with Crippen molar-refractivity contribution in [2.75, 3.05) is 93.5 Å². The smallest absolute Gasteiger partial charge is 0.101 e. The molecule has 0 fully saturated rings. The predicted molar refractivity (Wildman–Crippen MR) is 89.9 cm³/mol. The SMILES string of the molecule is COCC(O)COCCOCCOCCOCCOCC(O)COC.